The van der Waals surface area contributed by atoms with Crippen LogP contribution in [0.2, 0.25) is 0 Å². The topological polar surface area (TPSA) is 55.1 Å². The smallest absolute Gasteiger partial charge is 0.238 e. The van der Waals surface area contributed by atoms with Gasteiger partial charge >= 0.3 is 0 Å². The molecule has 6 heteroatoms. The maximum Gasteiger partial charge on any atom is 0.238 e. The highest BCUT2D eigenvalue weighted by Gasteiger charge is 2.29. The van der Waals surface area contributed by atoms with Crippen LogP contribution in [0.25, 0.3) is 5.69 Å². The minimum Gasteiger partial charge on any atom is -0.353 e. The number of anilines is 1. The van der Waals surface area contributed by atoms with Crippen molar-refractivity contribution < 1.29 is 4.79 Å². The van der Waals surface area contributed by atoms with E-state index in [9.17, 15) is 4.79 Å². The molecule has 1 fully saturated rings. The number of benzene rings is 1. The average Bonchev–Trinajstić information content (AvgIpc) is 3.38. The minimum atomic E-state index is 0.0138. The van der Waals surface area contributed by atoms with Crippen molar-refractivity contribution in [3.63, 3.8) is 0 Å². The van der Waals surface area contributed by atoms with Crippen molar-refractivity contribution in [2.75, 3.05) is 18.4 Å². The predicted molar refractivity (Wildman–Crippen MR) is 111 cm³/mol. The molecule has 1 atom stereocenters. The minimum absolute atomic E-state index is 0.0138. The molecule has 4 rings (SSSR count). The first kappa shape index (κ1) is 18.5. The second kappa shape index (κ2) is 7.64. The molecule has 2 aromatic heterocycles. The number of carbonyl (C=O) groups is 1. The van der Waals surface area contributed by atoms with Gasteiger partial charge in [-0.05, 0) is 57.5 Å². The van der Waals surface area contributed by atoms with E-state index in [-0.39, 0.29) is 5.91 Å². The number of aromatic nitrogens is 3. The number of para-hydroxylation sites is 1. The van der Waals surface area contributed by atoms with Crippen molar-refractivity contribution in [2.45, 2.75) is 32.7 Å². The quantitative estimate of drug-likeness (QED) is 0.739. The number of amides is 1. The second-order valence-corrected chi connectivity index (χ2v) is 7.51. The Hall–Kier alpha value is -2.86. The molecule has 3 aromatic rings. The Morgan fingerprint density at radius 1 is 1.18 bits per heavy atom. The van der Waals surface area contributed by atoms with E-state index in [0.717, 1.165) is 42.1 Å². The van der Waals surface area contributed by atoms with E-state index in [4.69, 9.17) is 0 Å². The molecule has 0 spiro atoms. The Bertz CT molecular complexity index is 972. The highest BCUT2D eigenvalue weighted by atomic mass is 16.2. The standard InChI is InChI=1S/C22H27N5O/c1-16-22(17(2)27(24-16)18-9-5-4-6-10-18)23-21(28)15-26-14-8-12-20(26)19-11-7-13-25(19)3/h4-7,9-11,13,20H,8,12,14-15H2,1-3H3,(H,23,28)/t20-/m1/s1. The predicted octanol–water partition coefficient (Wildman–Crippen LogP) is 3.60. The normalized spacial score (nSPS) is 17.2. The van der Waals surface area contributed by atoms with E-state index in [1.165, 1.54) is 5.69 Å². The van der Waals surface area contributed by atoms with Crippen molar-refractivity contribution in [1.29, 1.82) is 0 Å². The van der Waals surface area contributed by atoms with Gasteiger partial charge in [0.1, 0.15) is 0 Å². The fourth-order valence-corrected chi connectivity index (χ4v) is 4.18. The molecule has 6 nitrogen and oxygen atoms in total. The lowest BCUT2D eigenvalue weighted by atomic mass is 10.1. The lowest BCUT2D eigenvalue weighted by molar-refractivity contribution is -0.117. The molecule has 0 bridgehead atoms. The summed E-state index contributed by atoms with van der Waals surface area (Å²) in [5, 5.41) is 7.72. The van der Waals surface area contributed by atoms with Crippen LogP contribution in [-0.2, 0) is 11.8 Å². The molecule has 1 N–H and O–H groups in total. The summed E-state index contributed by atoms with van der Waals surface area (Å²) in [6.45, 7) is 5.27. The number of carbonyl (C=O) groups excluding carboxylic acids is 1. The van der Waals surface area contributed by atoms with Gasteiger partial charge in [0, 0.05) is 18.9 Å². The fraction of sp³-hybridized carbons (Fsp3) is 0.364. The molecule has 0 aliphatic carbocycles. The van der Waals surface area contributed by atoms with E-state index in [1.807, 2.05) is 48.9 Å². The number of nitrogens with one attached hydrogen (secondary N) is 1. The third kappa shape index (κ3) is 3.47. The van der Waals surface area contributed by atoms with Crippen LogP contribution >= 0.6 is 0 Å². The first-order chi connectivity index (χ1) is 13.5. The van der Waals surface area contributed by atoms with Gasteiger partial charge in [-0.1, -0.05) is 18.2 Å². The van der Waals surface area contributed by atoms with Gasteiger partial charge in [-0.3, -0.25) is 9.69 Å². The number of aryl methyl sites for hydroxylation is 2. The largest absolute Gasteiger partial charge is 0.353 e. The van der Waals surface area contributed by atoms with Crippen LogP contribution in [-0.4, -0.2) is 38.2 Å². The van der Waals surface area contributed by atoms with Gasteiger partial charge in [-0.15, -0.1) is 0 Å². The van der Waals surface area contributed by atoms with Gasteiger partial charge in [-0.25, -0.2) is 4.68 Å². The number of hydrogen-bond donors (Lipinski definition) is 1. The molecule has 1 aliphatic heterocycles. The summed E-state index contributed by atoms with van der Waals surface area (Å²) in [5.74, 6) is 0.0138. The maximum absolute atomic E-state index is 12.8. The van der Waals surface area contributed by atoms with Crippen LogP contribution in [0.1, 0.15) is 36.0 Å². The Labute approximate surface area is 165 Å². The molecule has 1 aliphatic rings. The second-order valence-electron chi connectivity index (χ2n) is 7.51. The zero-order valence-electron chi connectivity index (χ0n) is 16.7. The molecule has 28 heavy (non-hydrogen) atoms. The summed E-state index contributed by atoms with van der Waals surface area (Å²) in [7, 11) is 2.07. The van der Waals surface area contributed by atoms with Gasteiger partial charge < -0.3 is 9.88 Å². The lowest BCUT2D eigenvalue weighted by Crippen LogP contribution is -2.33. The van der Waals surface area contributed by atoms with Crippen LogP contribution in [0.15, 0.2) is 48.7 Å². The summed E-state index contributed by atoms with van der Waals surface area (Å²) >= 11 is 0. The summed E-state index contributed by atoms with van der Waals surface area (Å²) in [4.78, 5) is 15.1. The van der Waals surface area contributed by atoms with Gasteiger partial charge in [0.25, 0.3) is 0 Å². The molecule has 0 saturated carbocycles. The van der Waals surface area contributed by atoms with E-state index in [2.05, 4.69) is 45.3 Å². The SMILES string of the molecule is Cc1nn(-c2ccccc2)c(C)c1NC(=O)CN1CCC[C@@H]1c1cccn1C. The van der Waals surface area contributed by atoms with Crippen LogP contribution in [0, 0.1) is 13.8 Å². The van der Waals surface area contributed by atoms with Gasteiger partial charge in [0.05, 0.1) is 35.3 Å². The third-order valence-electron chi connectivity index (χ3n) is 5.59. The molecule has 3 heterocycles. The Kier molecular flexibility index (Phi) is 5.05. The number of nitrogens with zero attached hydrogens (tertiary/aromatic N) is 4. The molecule has 1 saturated heterocycles. The Balaban J connectivity index is 1.49. The maximum atomic E-state index is 12.8. The van der Waals surface area contributed by atoms with E-state index < -0.39 is 0 Å². The van der Waals surface area contributed by atoms with Gasteiger partial charge in [0.2, 0.25) is 5.91 Å². The van der Waals surface area contributed by atoms with Crippen molar-refractivity contribution in [2.24, 2.45) is 7.05 Å². The summed E-state index contributed by atoms with van der Waals surface area (Å²) in [5.41, 5.74) is 4.84. The van der Waals surface area contributed by atoms with E-state index in [1.54, 1.807) is 0 Å². The molecular formula is C22H27N5O. The first-order valence-electron chi connectivity index (χ1n) is 9.81. The molecule has 1 amide bonds. The molecule has 1 aromatic carbocycles. The van der Waals surface area contributed by atoms with Crippen LogP contribution in [0.4, 0.5) is 5.69 Å². The van der Waals surface area contributed by atoms with Crippen LogP contribution in [0.3, 0.4) is 0 Å². The monoisotopic (exact) mass is 377 g/mol. The number of likely N-dealkylation sites (tertiary alicyclic amines) is 1. The Morgan fingerprint density at radius 2 is 1.96 bits per heavy atom. The van der Waals surface area contributed by atoms with Gasteiger partial charge in [0.15, 0.2) is 0 Å². The summed E-state index contributed by atoms with van der Waals surface area (Å²) in [6.07, 6.45) is 4.28. The van der Waals surface area contributed by atoms with Crippen molar-refractivity contribution >= 4 is 11.6 Å². The average molecular weight is 377 g/mol. The number of rotatable bonds is 5. The molecule has 0 unspecified atom stereocenters. The zero-order valence-corrected chi connectivity index (χ0v) is 16.7. The first-order valence-corrected chi connectivity index (χ1v) is 9.81. The van der Waals surface area contributed by atoms with E-state index >= 15 is 0 Å². The van der Waals surface area contributed by atoms with Gasteiger partial charge in [-0.2, -0.15) is 5.10 Å². The molecule has 0 radical (unpaired) electrons. The fourth-order valence-electron chi connectivity index (χ4n) is 4.18. The van der Waals surface area contributed by atoms with Crippen LogP contribution < -0.4 is 5.32 Å². The highest BCUT2D eigenvalue weighted by Crippen LogP contribution is 2.31. The van der Waals surface area contributed by atoms with Crippen LogP contribution in [0.5, 0.6) is 0 Å². The van der Waals surface area contributed by atoms with Crippen molar-refractivity contribution in [1.82, 2.24) is 19.2 Å². The van der Waals surface area contributed by atoms with Crippen molar-refractivity contribution in [3.05, 3.63) is 65.7 Å². The van der Waals surface area contributed by atoms with Crippen molar-refractivity contribution in [3.8, 4) is 5.69 Å². The number of hydrogen-bond acceptors (Lipinski definition) is 3. The highest BCUT2D eigenvalue weighted by molar-refractivity contribution is 5.93. The van der Waals surface area contributed by atoms with E-state index in [0.29, 0.717) is 12.6 Å². The lowest BCUT2D eigenvalue weighted by Gasteiger charge is -2.24. The third-order valence-corrected chi connectivity index (χ3v) is 5.59. The molecular weight excluding hydrogens is 350 g/mol. The summed E-state index contributed by atoms with van der Waals surface area (Å²) in [6, 6.07) is 14.5. The molecule has 146 valence electrons. The zero-order chi connectivity index (χ0) is 19.7. The summed E-state index contributed by atoms with van der Waals surface area (Å²) < 4.78 is 4.03. The Morgan fingerprint density at radius 3 is 2.68 bits per heavy atom.